The highest BCUT2D eigenvalue weighted by atomic mass is 16.4. The van der Waals surface area contributed by atoms with Gasteiger partial charge in [0.1, 0.15) is 6.04 Å². The number of carbonyl (C=O) groups excluding carboxylic acids is 1. The van der Waals surface area contributed by atoms with Gasteiger partial charge in [0.2, 0.25) is 0 Å². The van der Waals surface area contributed by atoms with Crippen molar-refractivity contribution in [1.82, 2.24) is 5.32 Å². The predicted octanol–water partition coefficient (Wildman–Crippen LogP) is 1.74. The Kier molecular flexibility index (Phi) is 5.71. The summed E-state index contributed by atoms with van der Waals surface area (Å²) in [6.07, 6.45) is -0.508. The average molecular weight is 294 g/mol. The van der Waals surface area contributed by atoms with Crippen LogP contribution in [0.3, 0.4) is 0 Å². The van der Waals surface area contributed by atoms with Crippen LogP contribution in [0.4, 0.5) is 10.5 Å². The third kappa shape index (κ3) is 5.13. The minimum Gasteiger partial charge on any atom is -0.481 e. The van der Waals surface area contributed by atoms with E-state index in [0.29, 0.717) is 5.69 Å². The summed E-state index contributed by atoms with van der Waals surface area (Å²) in [5.41, 5.74) is 2.45. The van der Waals surface area contributed by atoms with Crippen LogP contribution in [-0.2, 0) is 9.59 Å². The van der Waals surface area contributed by atoms with Gasteiger partial charge < -0.3 is 20.8 Å². The molecule has 21 heavy (non-hydrogen) atoms. The topological polar surface area (TPSA) is 116 Å². The summed E-state index contributed by atoms with van der Waals surface area (Å²) in [5, 5.41) is 22.3. The molecule has 0 heterocycles. The van der Waals surface area contributed by atoms with Crippen molar-refractivity contribution in [2.45, 2.75) is 32.7 Å². The van der Waals surface area contributed by atoms with E-state index in [2.05, 4.69) is 10.6 Å². The van der Waals surface area contributed by atoms with Crippen LogP contribution in [0.5, 0.6) is 0 Å². The number of anilines is 1. The molecule has 0 aromatic heterocycles. The van der Waals surface area contributed by atoms with Gasteiger partial charge in [-0.25, -0.2) is 9.59 Å². The first kappa shape index (κ1) is 16.5. The maximum absolute atomic E-state index is 11.8. The van der Waals surface area contributed by atoms with Gasteiger partial charge in [-0.15, -0.1) is 0 Å². The molecule has 0 spiro atoms. The van der Waals surface area contributed by atoms with Crippen LogP contribution in [0, 0.1) is 13.8 Å². The number of carboxylic acid groups (broad SMARTS) is 2. The van der Waals surface area contributed by atoms with Crippen molar-refractivity contribution < 1.29 is 24.6 Å². The molecule has 2 amide bonds. The van der Waals surface area contributed by atoms with E-state index < -0.39 is 24.0 Å². The summed E-state index contributed by atoms with van der Waals surface area (Å²) >= 11 is 0. The molecule has 0 aliphatic heterocycles. The molecule has 0 aliphatic rings. The molecule has 1 aromatic rings. The lowest BCUT2D eigenvalue weighted by molar-refractivity contribution is -0.140. The fourth-order valence-corrected chi connectivity index (χ4v) is 1.73. The van der Waals surface area contributed by atoms with E-state index >= 15 is 0 Å². The second-order valence-electron chi connectivity index (χ2n) is 4.67. The molecule has 0 unspecified atom stereocenters. The van der Waals surface area contributed by atoms with Gasteiger partial charge in [0, 0.05) is 12.1 Å². The van der Waals surface area contributed by atoms with Crippen LogP contribution in [0.15, 0.2) is 18.2 Å². The maximum Gasteiger partial charge on any atom is 0.326 e. The van der Waals surface area contributed by atoms with Gasteiger partial charge in [0.25, 0.3) is 0 Å². The number of benzene rings is 1. The monoisotopic (exact) mass is 294 g/mol. The summed E-state index contributed by atoms with van der Waals surface area (Å²) in [7, 11) is 0. The number of amides is 2. The molecule has 0 saturated carbocycles. The largest absolute Gasteiger partial charge is 0.481 e. The first-order chi connectivity index (χ1) is 9.81. The van der Waals surface area contributed by atoms with Gasteiger partial charge in [0.05, 0.1) is 0 Å². The lowest BCUT2D eigenvalue weighted by Crippen LogP contribution is -2.43. The minimum atomic E-state index is -1.27. The van der Waals surface area contributed by atoms with E-state index in [9.17, 15) is 14.4 Å². The Bertz CT molecular complexity index is 556. The average Bonchev–Trinajstić information content (AvgIpc) is 2.39. The van der Waals surface area contributed by atoms with E-state index in [0.717, 1.165) is 11.1 Å². The molecular weight excluding hydrogens is 276 g/mol. The van der Waals surface area contributed by atoms with Crippen molar-refractivity contribution in [2.75, 3.05) is 5.32 Å². The van der Waals surface area contributed by atoms with Crippen molar-refractivity contribution >= 4 is 23.7 Å². The lowest BCUT2D eigenvalue weighted by Gasteiger charge is -2.15. The molecular formula is C14H18N2O5. The molecule has 0 fully saturated rings. The van der Waals surface area contributed by atoms with E-state index in [1.54, 1.807) is 12.1 Å². The van der Waals surface area contributed by atoms with Crippen molar-refractivity contribution in [2.24, 2.45) is 0 Å². The van der Waals surface area contributed by atoms with Gasteiger partial charge in [-0.1, -0.05) is 12.1 Å². The molecule has 0 radical (unpaired) electrons. The summed E-state index contributed by atoms with van der Waals surface area (Å²) in [4.78, 5) is 33.3. The van der Waals surface area contributed by atoms with Crippen molar-refractivity contribution in [3.05, 3.63) is 29.3 Å². The minimum absolute atomic E-state index is 0.176. The molecule has 7 nitrogen and oxygen atoms in total. The van der Waals surface area contributed by atoms with Gasteiger partial charge in [-0.3, -0.25) is 4.79 Å². The van der Waals surface area contributed by atoms with Crippen molar-refractivity contribution in [3.63, 3.8) is 0 Å². The summed E-state index contributed by atoms with van der Waals surface area (Å²) < 4.78 is 0. The number of hydrogen-bond donors (Lipinski definition) is 4. The molecule has 4 N–H and O–H groups in total. The smallest absolute Gasteiger partial charge is 0.326 e. The standard InChI is InChI=1S/C14H18N2O5/c1-8-4-3-5-10(9(8)2)15-14(21)16-11(13(19)20)6-7-12(17)18/h3-5,11H,6-7H2,1-2H3,(H,17,18)(H,19,20)(H2,15,16,21)/t11-/m0/s1. The van der Waals surface area contributed by atoms with E-state index in [1.165, 1.54) is 0 Å². The van der Waals surface area contributed by atoms with Crippen LogP contribution in [-0.4, -0.2) is 34.2 Å². The summed E-state index contributed by atoms with van der Waals surface area (Å²) in [6, 6.07) is 3.45. The fraction of sp³-hybridized carbons (Fsp3) is 0.357. The third-order valence-corrected chi connectivity index (χ3v) is 3.10. The van der Waals surface area contributed by atoms with E-state index in [-0.39, 0.29) is 12.8 Å². The Morgan fingerprint density at radius 3 is 2.43 bits per heavy atom. The lowest BCUT2D eigenvalue weighted by atomic mass is 10.1. The quantitative estimate of drug-likeness (QED) is 0.638. The molecule has 114 valence electrons. The normalized spacial score (nSPS) is 11.5. The zero-order valence-electron chi connectivity index (χ0n) is 11.8. The number of nitrogens with one attached hydrogen (secondary N) is 2. The third-order valence-electron chi connectivity index (χ3n) is 3.10. The molecule has 1 atom stereocenters. The van der Waals surface area contributed by atoms with Crippen LogP contribution >= 0.6 is 0 Å². The van der Waals surface area contributed by atoms with Crippen LogP contribution in [0.2, 0.25) is 0 Å². The Morgan fingerprint density at radius 1 is 1.19 bits per heavy atom. The van der Waals surface area contributed by atoms with E-state index in [4.69, 9.17) is 10.2 Å². The SMILES string of the molecule is Cc1cccc(NC(=O)N[C@@H](CCC(=O)O)C(=O)O)c1C. The number of hydrogen-bond acceptors (Lipinski definition) is 3. The van der Waals surface area contributed by atoms with Crippen LogP contribution < -0.4 is 10.6 Å². The van der Waals surface area contributed by atoms with Gasteiger partial charge >= 0.3 is 18.0 Å². The number of aryl methyl sites for hydroxylation is 1. The molecule has 0 saturated heterocycles. The number of carboxylic acids is 2. The zero-order valence-corrected chi connectivity index (χ0v) is 11.8. The van der Waals surface area contributed by atoms with Crippen LogP contribution in [0.25, 0.3) is 0 Å². The van der Waals surface area contributed by atoms with Gasteiger partial charge in [-0.05, 0) is 37.5 Å². The molecule has 0 bridgehead atoms. The number of carbonyl (C=O) groups is 3. The highest BCUT2D eigenvalue weighted by molar-refractivity contribution is 5.93. The first-order valence-corrected chi connectivity index (χ1v) is 6.39. The number of rotatable bonds is 6. The Hall–Kier alpha value is -2.57. The van der Waals surface area contributed by atoms with Crippen LogP contribution in [0.1, 0.15) is 24.0 Å². The Morgan fingerprint density at radius 2 is 1.86 bits per heavy atom. The van der Waals surface area contributed by atoms with Gasteiger partial charge in [-0.2, -0.15) is 0 Å². The molecule has 7 heteroatoms. The molecule has 1 rings (SSSR count). The fourth-order valence-electron chi connectivity index (χ4n) is 1.73. The second-order valence-corrected chi connectivity index (χ2v) is 4.67. The number of urea groups is 1. The number of aliphatic carboxylic acids is 2. The molecule has 0 aliphatic carbocycles. The van der Waals surface area contributed by atoms with Gasteiger partial charge in [0.15, 0.2) is 0 Å². The highest BCUT2D eigenvalue weighted by Gasteiger charge is 2.21. The van der Waals surface area contributed by atoms with E-state index in [1.807, 2.05) is 19.9 Å². The molecule has 1 aromatic carbocycles. The second kappa shape index (κ2) is 7.28. The predicted molar refractivity (Wildman–Crippen MR) is 76.4 cm³/mol. The van der Waals surface area contributed by atoms with Crippen molar-refractivity contribution in [1.29, 1.82) is 0 Å². The Labute approximate surface area is 122 Å². The van der Waals surface area contributed by atoms with Crippen molar-refractivity contribution in [3.8, 4) is 0 Å². The maximum atomic E-state index is 11.8. The Balaban J connectivity index is 2.67. The highest BCUT2D eigenvalue weighted by Crippen LogP contribution is 2.17. The first-order valence-electron chi connectivity index (χ1n) is 6.39. The zero-order chi connectivity index (χ0) is 16.0. The summed E-state index contributed by atoms with van der Waals surface area (Å²) in [5.74, 6) is -2.38. The summed E-state index contributed by atoms with van der Waals surface area (Å²) in [6.45, 7) is 3.73.